The van der Waals surface area contributed by atoms with Crippen LogP contribution in [-0.4, -0.2) is 53.5 Å². The molecule has 1 aromatic rings. The summed E-state index contributed by atoms with van der Waals surface area (Å²) in [5.41, 5.74) is 7.26. The van der Waals surface area contributed by atoms with Crippen LogP contribution in [0.4, 0.5) is 0 Å². The molecule has 2 rings (SSSR count). The zero-order valence-electron chi connectivity index (χ0n) is 11.4. The Labute approximate surface area is 110 Å². The first-order valence-corrected chi connectivity index (χ1v) is 6.74. The molecule has 1 aliphatic rings. The zero-order valence-corrected chi connectivity index (χ0v) is 11.4. The Hall–Kier alpha value is -0.970. The number of pyridine rings is 1. The lowest BCUT2D eigenvalue weighted by atomic mass is 10.2. The molecule has 4 heteroatoms. The van der Waals surface area contributed by atoms with E-state index in [4.69, 9.17) is 5.73 Å². The SMILES string of the molecule is CC1CCN(Cc2ccncc2)C(CN)CN1C. The molecule has 1 fully saturated rings. The molecule has 0 aromatic carbocycles. The van der Waals surface area contributed by atoms with Gasteiger partial charge in [-0.1, -0.05) is 0 Å². The van der Waals surface area contributed by atoms with Crippen molar-refractivity contribution in [1.82, 2.24) is 14.8 Å². The summed E-state index contributed by atoms with van der Waals surface area (Å²) in [4.78, 5) is 9.00. The average molecular weight is 248 g/mol. The van der Waals surface area contributed by atoms with Gasteiger partial charge in [0.2, 0.25) is 0 Å². The lowest BCUT2D eigenvalue weighted by Gasteiger charge is -2.30. The molecule has 0 saturated carbocycles. The van der Waals surface area contributed by atoms with Gasteiger partial charge in [0.1, 0.15) is 0 Å². The van der Waals surface area contributed by atoms with E-state index in [2.05, 4.69) is 40.9 Å². The summed E-state index contributed by atoms with van der Waals surface area (Å²) in [6, 6.07) is 5.27. The van der Waals surface area contributed by atoms with Crippen molar-refractivity contribution < 1.29 is 0 Å². The van der Waals surface area contributed by atoms with E-state index in [0.717, 1.165) is 26.2 Å². The summed E-state index contributed by atoms with van der Waals surface area (Å²) >= 11 is 0. The fraction of sp³-hybridized carbons (Fsp3) is 0.643. The van der Waals surface area contributed by atoms with Gasteiger partial charge in [-0.25, -0.2) is 0 Å². The highest BCUT2D eigenvalue weighted by Crippen LogP contribution is 2.16. The molecule has 0 radical (unpaired) electrons. The molecule has 2 N–H and O–H groups in total. The third kappa shape index (κ3) is 3.28. The van der Waals surface area contributed by atoms with Crippen LogP contribution in [0.1, 0.15) is 18.9 Å². The van der Waals surface area contributed by atoms with Crippen molar-refractivity contribution in [1.29, 1.82) is 0 Å². The Balaban J connectivity index is 2.05. The first-order valence-electron chi connectivity index (χ1n) is 6.74. The van der Waals surface area contributed by atoms with E-state index in [0.29, 0.717) is 12.1 Å². The second-order valence-corrected chi connectivity index (χ2v) is 5.29. The molecule has 100 valence electrons. The predicted molar refractivity (Wildman–Crippen MR) is 74.2 cm³/mol. The van der Waals surface area contributed by atoms with Gasteiger partial charge in [-0.15, -0.1) is 0 Å². The number of hydrogen-bond donors (Lipinski definition) is 1. The highest BCUT2D eigenvalue weighted by Gasteiger charge is 2.25. The monoisotopic (exact) mass is 248 g/mol. The molecule has 0 spiro atoms. The van der Waals surface area contributed by atoms with Gasteiger partial charge in [0.15, 0.2) is 0 Å². The van der Waals surface area contributed by atoms with Gasteiger partial charge >= 0.3 is 0 Å². The Bertz CT molecular complexity index is 354. The Morgan fingerprint density at radius 2 is 2.11 bits per heavy atom. The number of aromatic nitrogens is 1. The molecule has 2 atom stereocenters. The maximum atomic E-state index is 5.94. The van der Waals surface area contributed by atoms with E-state index in [-0.39, 0.29) is 0 Å². The van der Waals surface area contributed by atoms with Crippen LogP contribution >= 0.6 is 0 Å². The summed E-state index contributed by atoms with van der Waals surface area (Å²) in [6.45, 7) is 6.18. The van der Waals surface area contributed by atoms with Crippen LogP contribution in [0.5, 0.6) is 0 Å². The summed E-state index contributed by atoms with van der Waals surface area (Å²) in [6.07, 6.45) is 4.93. The van der Waals surface area contributed by atoms with Crippen LogP contribution in [0.2, 0.25) is 0 Å². The van der Waals surface area contributed by atoms with Crippen molar-refractivity contribution in [2.45, 2.75) is 32.0 Å². The van der Waals surface area contributed by atoms with E-state index in [1.54, 1.807) is 0 Å². The Kier molecular flexibility index (Phi) is 4.69. The lowest BCUT2D eigenvalue weighted by Crippen LogP contribution is -2.45. The van der Waals surface area contributed by atoms with Crippen LogP contribution in [0.15, 0.2) is 24.5 Å². The summed E-state index contributed by atoms with van der Waals surface area (Å²) < 4.78 is 0. The molecular weight excluding hydrogens is 224 g/mol. The Morgan fingerprint density at radius 1 is 1.39 bits per heavy atom. The van der Waals surface area contributed by atoms with Gasteiger partial charge in [-0.05, 0) is 38.1 Å². The molecule has 1 saturated heterocycles. The first kappa shape index (κ1) is 13.5. The number of rotatable bonds is 3. The van der Waals surface area contributed by atoms with Crippen LogP contribution in [0.25, 0.3) is 0 Å². The fourth-order valence-electron chi connectivity index (χ4n) is 2.54. The molecule has 1 aromatic heterocycles. The van der Waals surface area contributed by atoms with Crippen molar-refractivity contribution in [3.8, 4) is 0 Å². The zero-order chi connectivity index (χ0) is 13.0. The van der Waals surface area contributed by atoms with E-state index in [1.807, 2.05) is 12.4 Å². The largest absolute Gasteiger partial charge is 0.329 e. The van der Waals surface area contributed by atoms with Crippen LogP contribution in [0.3, 0.4) is 0 Å². The molecular formula is C14H24N4. The summed E-state index contributed by atoms with van der Waals surface area (Å²) in [5, 5.41) is 0. The van der Waals surface area contributed by atoms with Gasteiger partial charge < -0.3 is 10.6 Å². The van der Waals surface area contributed by atoms with Gasteiger partial charge in [-0.3, -0.25) is 9.88 Å². The van der Waals surface area contributed by atoms with Crippen LogP contribution < -0.4 is 5.73 Å². The maximum absolute atomic E-state index is 5.94. The molecule has 1 aliphatic heterocycles. The van der Waals surface area contributed by atoms with Crippen molar-refractivity contribution in [3.05, 3.63) is 30.1 Å². The highest BCUT2D eigenvalue weighted by molar-refractivity contribution is 5.09. The standard InChI is InChI=1S/C14H24N4/c1-12-5-8-18(14(9-15)11-17(12)2)10-13-3-6-16-7-4-13/h3-4,6-7,12,14H,5,8-11,15H2,1-2H3. The molecule has 2 unspecified atom stereocenters. The van der Waals surface area contributed by atoms with Gasteiger partial charge in [0.05, 0.1) is 0 Å². The molecule has 2 heterocycles. The second-order valence-electron chi connectivity index (χ2n) is 5.29. The van der Waals surface area contributed by atoms with E-state index in [9.17, 15) is 0 Å². The molecule has 0 bridgehead atoms. The fourth-order valence-corrected chi connectivity index (χ4v) is 2.54. The summed E-state index contributed by atoms with van der Waals surface area (Å²) in [5.74, 6) is 0. The minimum absolute atomic E-state index is 0.452. The minimum Gasteiger partial charge on any atom is -0.329 e. The third-order valence-electron chi connectivity index (χ3n) is 4.01. The minimum atomic E-state index is 0.452. The van der Waals surface area contributed by atoms with Crippen molar-refractivity contribution in [2.75, 3.05) is 26.7 Å². The van der Waals surface area contributed by atoms with Gasteiger partial charge in [0.25, 0.3) is 0 Å². The smallest absolute Gasteiger partial charge is 0.0349 e. The summed E-state index contributed by atoms with van der Waals surface area (Å²) in [7, 11) is 2.20. The second kappa shape index (κ2) is 6.27. The normalized spacial score (nSPS) is 27.1. The molecule has 0 amide bonds. The average Bonchev–Trinajstić information content (AvgIpc) is 2.53. The van der Waals surface area contributed by atoms with Crippen LogP contribution in [0, 0.1) is 0 Å². The number of nitrogens with two attached hydrogens (primary N) is 1. The predicted octanol–water partition coefficient (Wildman–Crippen LogP) is 0.935. The van der Waals surface area contributed by atoms with Gasteiger partial charge in [0, 0.05) is 50.7 Å². The Morgan fingerprint density at radius 3 is 2.78 bits per heavy atom. The topological polar surface area (TPSA) is 45.4 Å². The van der Waals surface area contributed by atoms with Crippen molar-refractivity contribution in [3.63, 3.8) is 0 Å². The number of hydrogen-bond acceptors (Lipinski definition) is 4. The third-order valence-corrected chi connectivity index (χ3v) is 4.01. The molecule has 18 heavy (non-hydrogen) atoms. The number of nitrogens with zero attached hydrogens (tertiary/aromatic N) is 3. The van der Waals surface area contributed by atoms with Crippen molar-refractivity contribution >= 4 is 0 Å². The van der Waals surface area contributed by atoms with Gasteiger partial charge in [-0.2, -0.15) is 0 Å². The number of likely N-dealkylation sites (N-methyl/N-ethyl adjacent to an activating group) is 1. The highest BCUT2D eigenvalue weighted by atomic mass is 15.2. The van der Waals surface area contributed by atoms with Crippen molar-refractivity contribution in [2.24, 2.45) is 5.73 Å². The molecule has 0 aliphatic carbocycles. The lowest BCUT2D eigenvalue weighted by molar-refractivity contribution is 0.180. The van der Waals surface area contributed by atoms with Crippen LogP contribution in [-0.2, 0) is 6.54 Å². The van der Waals surface area contributed by atoms with E-state index >= 15 is 0 Å². The maximum Gasteiger partial charge on any atom is 0.0349 e. The first-order chi connectivity index (χ1) is 8.70. The molecule has 4 nitrogen and oxygen atoms in total. The van der Waals surface area contributed by atoms with E-state index < -0.39 is 0 Å². The van der Waals surface area contributed by atoms with E-state index in [1.165, 1.54) is 12.0 Å². The quantitative estimate of drug-likeness (QED) is 0.864.